The van der Waals surface area contributed by atoms with Crippen LogP contribution in [0.25, 0.3) is 0 Å². The summed E-state index contributed by atoms with van der Waals surface area (Å²) >= 11 is 0. The molecule has 0 aromatic rings. The summed E-state index contributed by atoms with van der Waals surface area (Å²) in [4.78, 5) is 37.0. The Balaban J connectivity index is 4.54. The normalized spacial score (nSPS) is 13.8. The quantitative estimate of drug-likeness (QED) is 0.0197. The minimum atomic E-state index is -1.65. The molecule has 61 heavy (non-hydrogen) atoms. The zero-order valence-electron chi connectivity index (χ0n) is 39.0. The van der Waals surface area contributed by atoms with Crippen LogP contribution in [-0.4, -0.2) is 82.3 Å². The smallest absolute Gasteiger partial charge is 0.310 e. The summed E-state index contributed by atoms with van der Waals surface area (Å²) in [5, 5.41) is 11.7. The molecule has 2 atom stereocenters. The molecular formula is C52H85NO8. The lowest BCUT2D eigenvalue weighted by molar-refractivity contribution is -0.870. The Morgan fingerprint density at radius 2 is 0.984 bits per heavy atom. The molecule has 346 valence electrons. The van der Waals surface area contributed by atoms with Crippen molar-refractivity contribution in [2.75, 3.05) is 47.5 Å². The van der Waals surface area contributed by atoms with Crippen molar-refractivity contribution in [2.24, 2.45) is 0 Å². The number of carboxylic acids is 1. The van der Waals surface area contributed by atoms with E-state index in [1.54, 1.807) is 6.08 Å². The van der Waals surface area contributed by atoms with Gasteiger partial charge in [0.05, 0.1) is 46.7 Å². The number of unbranched alkanes of at least 4 members (excludes halogenated alkanes) is 11. The fourth-order valence-electron chi connectivity index (χ4n) is 5.73. The molecule has 0 fully saturated rings. The Morgan fingerprint density at radius 1 is 0.525 bits per heavy atom. The van der Waals surface area contributed by atoms with Crippen molar-refractivity contribution < 1.29 is 42.9 Å². The largest absolute Gasteiger partial charge is 0.545 e. The minimum absolute atomic E-state index is 0.00691. The van der Waals surface area contributed by atoms with Gasteiger partial charge in [0, 0.05) is 6.42 Å². The van der Waals surface area contributed by atoms with Crippen LogP contribution < -0.4 is 5.11 Å². The van der Waals surface area contributed by atoms with E-state index in [-0.39, 0.29) is 32.7 Å². The Labute approximate surface area is 372 Å². The summed E-state index contributed by atoms with van der Waals surface area (Å²) in [7, 11) is 5.86. The maximum Gasteiger partial charge on any atom is 0.310 e. The first-order valence-corrected chi connectivity index (χ1v) is 23.4. The standard InChI is InChI=1S/C52H85NO8/c1-6-8-10-12-14-16-18-20-22-23-24-25-26-27-29-30-32-34-36-38-40-42-49(54)59-46-48(47-60-52(51(56)57)58-45-44-53(3,4)5)61-50(55)43-41-39-37-35-33-31-28-21-19-17-15-13-11-9-7-2/h9,11,15,17-18,20-21,23-24,26-28,33,35,39,41,48,52H,6-8,10,12-14,16,19,22,25,29-32,34,36-38,40,42-47H2,1-5H3/b11-9-,17-15-,20-18-,24-23-,27-26-,28-21-,35-33-,41-39-. The number of carbonyl (C=O) groups excluding carboxylic acids is 3. The van der Waals surface area contributed by atoms with Crippen LogP contribution in [0.3, 0.4) is 0 Å². The van der Waals surface area contributed by atoms with Crippen molar-refractivity contribution in [3.05, 3.63) is 97.2 Å². The van der Waals surface area contributed by atoms with E-state index in [2.05, 4.69) is 92.8 Å². The lowest BCUT2D eigenvalue weighted by Gasteiger charge is -2.26. The summed E-state index contributed by atoms with van der Waals surface area (Å²) in [6, 6.07) is 0. The molecule has 0 aromatic carbocycles. The first-order valence-electron chi connectivity index (χ1n) is 23.4. The second kappa shape index (κ2) is 42.9. The summed E-state index contributed by atoms with van der Waals surface area (Å²) in [6.45, 7) is 4.46. The molecule has 0 radical (unpaired) electrons. The van der Waals surface area contributed by atoms with Gasteiger partial charge in [0.15, 0.2) is 12.4 Å². The van der Waals surface area contributed by atoms with Crippen molar-refractivity contribution in [3.63, 3.8) is 0 Å². The maximum atomic E-state index is 12.7. The number of quaternary nitrogens is 1. The fraction of sp³-hybridized carbons (Fsp3) is 0.635. The van der Waals surface area contributed by atoms with Gasteiger partial charge in [0.1, 0.15) is 13.2 Å². The topological polar surface area (TPSA) is 111 Å². The van der Waals surface area contributed by atoms with Crippen LogP contribution in [0, 0.1) is 0 Å². The molecule has 0 amide bonds. The van der Waals surface area contributed by atoms with E-state index >= 15 is 0 Å². The molecule has 0 saturated heterocycles. The first kappa shape index (κ1) is 57.2. The molecule has 0 N–H and O–H groups in total. The van der Waals surface area contributed by atoms with E-state index in [1.807, 2.05) is 33.3 Å². The van der Waals surface area contributed by atoms with Crippen LogP contribution in [-0.2, 0) is 33.3 Å². The number of nitrogens with zero attached hydrogens (tertiary/aromatic N) is 1. The third kappa shape index (κ3) is 44.1. The van der Waals surface area contributed by atoms with Gasteiger partial charge in [-0.2, -0.15) is 0 Å². The molecule has 0 aliphatic carbocycles. The van der Waals surface area contributed by atoms with Crippen LogP contribution in [0.5, 0.6) is 0 Å². The molecule has 2 unspecified atom stereocenters. The number of hydrogen-bond donors (Lipinski definition) is 0. The molecule has 0 aromatic heterocycles. The molecule has 0 aliphatic heterocycles. The van der Waals surface area contributed by atoms with Crippen LogP contribution in [0.1, 0.15) is 155 Å². The predicted molar refractivity (Wildman–Crippen MR) is 250 cm³/mol. The number of esters is 2. The molecule has 0 bridgehead atoms. The number of allylic oxidation sites excluding steroid dienone is 15. The summed E-state index contributed by atoms with van der Waals surface area (Å²) in [5.41, 5.74) is 0. The Morgan fingerprint density at radius 3 is 1.48 bits per heavy atom. The van der Waals surface area contributed by atoms with Crippen LogP contribution >= 0.6 is 0 Å². The number of aliphatic carboxylic acids is 1. The zero-order chi connectivity index (χ0) is 44.9. The highest BCUT2D eigenvalue weighted by Gasteiger charge is 2.21. The summed E-state index contributed by atoms with van der Waals surface area (Å²) in [5.74, 6) is -2.48. The average Bonchev–Trinajstić information content (AvgIpc) is 3.22. The van der Waals surface area contributed by atoms with E-state index in [1.165, 1.54) is 38.5 Å². The van der Waals surface area contributed by atoms with Crippen LogP contribution in [0.15, 0.2) is 97.2 Å². The van der Waals surface area contributed by atoms with Gasteiger partial charge < -0.3 is 33.3 Å². The highest BCUT2D eigenvalue weighted by Crippen LogP contribution is 2.11. The van der Waals surface area contributed by atoms with Gasteiger partial charge in [-0.15, -0.1) is 0 Å². The van der Waals surface area contributed by atoms with Gasteiger partial charge in [0.2, 0.25) is 0 Å². The van der Waals surface area contributed by atoms with Crippen molar-refractivity contribution >= 4 is 17.9 Å². The number of likely N-dealkylation sites (N-methyl/N-ethyl adjacent to an activating group) is 1. The van der Waals surface area contributed by atoms with Crippen LogP contribution in [0.4, 0.5) is 0 Å². The Hall–Kier alpha value is -3.79. The van der Waals surface area contributed by atoms with Gasteiger partial charge in [-0.1, -0.05) is 162 Å². The Bertz CT molecular complexity index is 1320. The summed E-state index contributed by atoms with van der Waals surface area (Å²) < 4.78 is 22.4. The van der Waals surface area contributed by atoms with Gasteiger partial charge in [-0.05, 0) is 77.0 Å². The number of hydrogen-bond acceptors (Lipinski definition) is 8. The highest BCUT2D eigenvalue weighted by atomic mass is 16.7. The second-order valence-electron chi connectivity index (χ2n) is 16.3. The first-order chi connectivity index (χ1) is 29.6. The van der Waals surface area contributed by atoms with E-state index in [0.29, 0.717) is 23.9 Å². The predicted octanol–water partition coefficient (Wildman–Crippen LogP) is 11.3. The van der Waals surface area contributed by atoms with Gasteiger partial charge in [0.25, 0.3) is 0 Å². The molecule has 0 saturated carbocycles. The van der Waals surface area contributed by atoms with Crippen molar-refractivity contribution in [1.82, 2.24) is 0 Å². The van der Waals surface area contributed by atoms with Gasteiger partial charge in [-0.3, -0.25) is 9.59 Å². The lowest BCUT2D eigenvalue weighted by atomic mass is 10.1. The monoisotopic (exact) mass is 852 g/mol. The average molecular weight is 852 g/mol. The molecule has 0 rings (SSSR count). The molecule has 9 nitrogen and oxygen atoms in total. The number of carboxylic acid groups (broad SMARTS) is 1. The third-order valence-electron chi connectivity index (χ3n) is 9.35. The molecule has 0 heterocycles. The zero-order valence-corrected chi connectivity index (χ0v) is 39.0. The van der Waals surface area contributed by atoms with Crippen LogP contribution in [0.2, 0.25) is 0 Å². The van der Waals surface area contributed by atoms with Gasteiger partial charge >= 0.3 is 11.9 Å². The van der Waals surface area contributed by atoms with E-state index in [4.69, 9.17) is 18.9 Å². The van der Waals surface area contributed by atoms with Gasteiger partial charge in [-0.25, -0.2) is 0 Å². The Kier molecular flexibility index (Phi) is 40.2. The van der Waals surface area contributed by atoms with E-state index in [0.717, 1.165) is 77.0 Å². The number of rotatable bonds is 41. The van der Waals surface area contributed by atoms with Crippen molar-refractivity contribution in [2.45, 2.75) is 167 Å². The van der Waals surface area contributed by atoms with Crippen molar-refractivity contribution in [1.29, 1.82) is 0 Å². The lowest BCUT2D eigenvalue weighted by Crippen LogP contribution is -2.44. The highest BCUT2D eigenvalue weighted by molar-refractivity contribution is 5.71. The minimum Gasteiger partial charge on any atom is -0.545 e. The van der Waals surface area contributed by atoms with E-state index in [9.17, 15) is 19.5 Å². The molecule has 0 aliphatic rings. The third-order valence-corrected chi connectivity index (χ3v) is 9.35. The number of carbonyl (C=O) groups is 3. The molecule has 0 spiro atoms. The van der Waals surface area contributed by atoms with Crippen molar-refractivity contribution in [3.8, 4) is 0 Å². The fourth-order valence-corrected chi connectivity index (χ4v) is 5.73. The molecular weight excluding hydrogens is 767 g/mol. The van der Waals surface area contributed by atoms with E-state index < -0.39 is 30.3 Å². The SMILES string of the molecule is CC/C=C\C/C=C\C/C=C\C/C=C\C/C=C\CC(=O)OC(COC(=O)CCCCCCCC/C=C\C/C=C\C/C=C\CCCCCCC)COC(OCC[N+](C)(C)C)C(=O)[O-]. The molecule has 9 heteroatoms. The maximum absolute atomic E-state index is 12.7. The summed E-state index contributed by atoms with van der Waals surface area (Å²) in [6.07, 6.45) is 53.3. The number of ether oxygens (including phenoxy) is 4. The second-order valence-corrected chi connectivity index (χ2v) is 16.3.